The lowest BCUT2D eigenvalue weighted by atomic mass is 9.46. The highest BCUT2D eigenvalue weighted by atomic mass is 32.1. The molecule has 1 aromatic rings. The van der Waals surface area contributed by atoms with Gasteiger partial charge in [0.25, 0.3) is 0 Å². The van der Waals surface area contributed by atoms with E-state index in [9.17, 15) is 0 Å². The molecule has 98 valence electrons. The number of nitrogens with one attached hydrogen (secondary N) is 1. The summed E-state index contributed by atoms with van der Waals surface area (Å²) >= 11 is 2.00. The van der Waals surface area contributed by atoms with Crippen molar-refractivity contribution in [3.8, 4) is 0 Å². The minimum absolute atomic E-state index is 0.489. The van der Waals surface area contributed by atoms with Crippen molar-refractivity contribution in [1.29, 1.82) is 0 Å². The highest BCUT2D eigenvalue weighted by Crippen LogP contribution is 2.62. The van der Waals surface area contributed by atoms with Gasteiger partial charge in [-0.05, 0) is 68.4 Å². The van der Waals surface area contributed by atoms with Crippen molar-refractivity contribution in [3.05, 3.63) is 22.4 Å². The van der Waals surface area contributed by atoms with E-state index in [1.165, 1.54) is 38.5 Å². The average molecular weight is 261 g/mol. The smallest absolute Gasteiger partial charge is 0.0195 e. The summed E-state index contributed by atoms with van der Waals surface area (Å²) in [5.41, 5.74) is 1.03. The van der Waals surface area contributed by atoms with E-state index in [1.54, 1.807) is 4.88 Å². The maximum absolute atomic E-state index is 3.88. The molecule has 4 aliphatic rings. The van der Waals surface area contributed by atoms with Crippen LogP contribution in [0, 0.1) is 11.8 Å². The monoisotopic (exact) mass is 261 g/mol. The van der Waals surface area contributed by atoms with E-state index in [1.807, 2.05) is 11.3 Å². The van der Waals surface area contributed by atoms with Crippen molar-refractivity contribution in [1.82, 2.24) is 5.32 Å². The summed E-state index contributed by atoms with van der Waals surface area (Å²) in [7, 11) is 0. The molecule has 4 saturated carbocycles. The Morgan fingerprint density at radius 2 is 2.06 bits per heavy atom. The van der Waals surface area contributed by atoms with Crippen LogP contribution in [0.15, 0.2) is 17.5 Å². The van der Waals surface area contributed by atoms with Crippen LogP contribution < -0.4 is 5.32 Å². The van der Waals surface area contributed by atoms with Crippen molar-refractivity contribution in [2.24, 2.45) is 11.8 Å². The molecule has 1 aromatic heterocycles. The van der Waals surface area contributed by atoms with Crippen LogP contribution in [0.25, 0.3) is 0 Å². The van der Waals surface area contributed by atoms with Gasteiger partial charge in [0.1, 0.15) is 0 Å². The quantitative estimate of drug-likeness (QED) is 0.869. The fraction of sp³-hybridized carbons (Fsp3) is 0.750. The fourth-order valence-corrected chi connectivity index (χ4v) is 6.66. The van der Waals surface area contributed by atoms with E-state index < -0.39 is 0 Å². The Kier molecular flexibility index (Phi) is 2.44. The van der Waals surface area contributed by atoms with E-state index in [0.717, 1.165) is 18.4 Å². The number of rotatable bonds is 3. The molecule has 2 atom stereocenters. The fourth-order valence-electron chi connectivity index (χ4n) is 5.71. The molecule has 2 unspecified atom stereocenters. The summed E-state index contributed by atoms with van der Waals surface area (Å²) in [6.07, 6.45) is 8.75. The zero-order valence-electron chi connectivity index (χ0n) is 11.2. The lowest BCUT2D eigenvalue weighted by Crippen LogP contribution is -2.63. The van der Waals surface area contributed by atoms with Crippen molar-refractivity contribution < 1.29 is 0 Å². The molecule has 5 rings (SSSR count). The van der Waals surface area contributed by atoms with Crippen molar-refractivity contribution >= 4 is 11.3 Å². The van der Waals surface area contributed by atoms with Crippen LogP contribution in [0.2, 0.25) is 0 Å². The minimum atomic E-state index is 0.489. The van der Waals surface area contributed by atoms with E-state index >= 15 is 0 Å². The number of hydrogen-bond donors (Lipinski definition) is 1. The Balaban J connectivity index is 1.74. The average Bonchev–Trinajstić information content (AvgIpc) is 2.80. The zero-order valence-corrected chi connectivity index (χ0v) is 12.1. The SMILES string of the molecule is CCNC12CC3CC(C1)CC(c1cccs1)(C3)C2. The Labute approximate surface area is 114 Å². The minimum Gasteiger partial charge on any atom is -0.311 e. The van der Waals surface area contributed by atoms with E-state index in [2.05, 4.69) is 29.8 Å². The molecule has 0 aliphatic heterocycles. The summed E-state index contributed by atoms with van der Waals surface area (Å²) in [6, 6.07) is 4.65. The first kappa shape index (κ1) is 11.5. The van der Waals surface area contributed by atoms with E-state index in [-0.39, 0.29) is 0 Å². The van der Waals surface area contributed by atoms with Crippen molar-refractivity contribution in [2.45, 2.75) is 56.4 Å². The molecular weight excluding hydrogens is 238 g/mol. The molecule has 1 nitrogen and oxygen atoms in total. The van der Waals surface area contributed by atoms with Gasteiger partial charge in [0.05, 0.1) is 0 Å². The van der Waals surface area contributed by atoms with Crippen LogP contribution in [0.4, 0.5) is 0 Å². The van der Waals surface area contributed by atoms with Gasteiger partial charge in [0, 0.05) is 15.8 Å². The molecule has 18 heavy (non-hydrogen) atoms. The molecule has 0 spiro atoms. The molecule has 0 amide bonds. The van der Waals surface area contributed by atoms with Gasteiger partial charge in [-0.2, -0.15) is 0 Å². The van der Waals surface area contributed by atoms with Gasteiger partial charge in [-0.3, -0.25) is 0 Å². The summed E-state index contributed by atoms with van der Waals surface area (Å²) in [4.78, 5) is 1.68. The third kappa shape index (κ3) is 1.55. The van der Waals surface area contributed by atoms with Crippen LogP contribution in [-0.4, -0.2) is 12.1 Å². The van der Waals surface area contributed by atoms with E-state index in [4.69, 9.17) is 0 Å². The van der Waals surface area contributed by atoms with Crippen molar-refractivity contribution in [2.75, 3.05) is 6.54 Å². The molecule has 0 aromatic carbocycles. The topological polar surface area (TPSA) is 12.0 Å². The molecule has 4 aliphatic carbocycles. The van der Waals surface area contributed by atoms with Crippen LogP contribution in [0.1, 0.15) is 50.3 Å². The predicted octanol–water partition coefficient (Wildman–Crippen LogP) is 3.95. The maximum atomic E-state index is 3.88. The second kappa shape index (κ2) is 3.83. The third-order valence-corrected chi connectivity index (χ3v) is 6.77. The first-order valence-corrected chi connectivity index (χ1v) is 8.41. The summed E-state index contributed by atoms with van der Waals surface area (Å²) in [6.45, 7) is 3.41. The zero-order chi connectivity index (χ0) is 12.2. The lowest BCUT2D eigenvalue weighted by molar-refractivity contribution is -0.0384. The molecule has 1 N–H and O–H groups in total. The van der Waals surface area contributed by atoms with Gasteiger partial charge in [-0.15, -0.1) is 11.3 Å². The lowest BCUT2D eigenvalue weighted by Gasteiger charge is -2.62. The van der Waals surface area contributed by atoms with Crippen LogP contribution in [0.3, 0.4) is 0 Å². The van der Waals surface area contributed by atoms with Gasteiger partial charge in [0.2, 0.25) is 0 Å². The van der Waals surface area contributed by atoms with Gasteiger partial charge in [0.15, 0.2) is 0 Å². The van der Waals surface area contributed by atoms with Gasteiger partial charge in [-0.25, -0.2) is 0 Å². The predicted molar refractivity (Wildman–Crippen MR) is 77.1 cm³/mol. The Morgan fingerprint density at radius 3 is 2.67 bits per heavy atom. The van der Waals surface area contributed by atoms with Gasteiger partial charge >= 0.3 is 0 Å². The summed E-state index contributed by atoms with van der Waals surface area (Å²) in [5, 5.41) is 6.15. The molecular formula is C16H23NS. The molecule has 0 saturated heterocycles. The highest BCUT2D eigenvalue weighted by molar-refractivity contribution is 7.10. The van der Waals surface area contributed by atoms with Crippen LogP contribution in [0.5, 0.6) is 0 Å². The molecule has 4 fully saturated rings. The molecule has 1 heterocycles. The molecule has 0 radical (unpaired) electrons. The molecule has 4 bridgehead atoms. The van der Waals surface area contributed by atoms with Crippen molar-refractivity contribution in [3.63, 3.8) is 0 Å². The first-order valence-electron chi connectivity index (χ1n) is 7.53. The first-order chi connectivity index (χ1) is 8.74. The Hall–Kier alpha value is -0.340. The Bertz CT molecular complexity index is 422. The third-order valence-electron chi connectivity index (χ3n) is 5.66. The maximum Gasteiger partial charge on any atom is 0.0195 e. The van der Waals surface area contributed by atoms with Crippen LogP contribution in [-0.2, 0) is 5.41 Å². The number of thiophene rings is 1. The standard InChI is InChI=1S/C16H23NS/c1-2-17-16-9-12-6-13(10-16)8-15(7-12,11-16)14-4-3-5-18-14/h3-5,12-13,17H,2,6-11H2,1H3. The largest absolute Gasteiger partial charge is 0.311 e. The molecule has 2 heteroatoms. The highest BCUT2D eigenvalue weighted by Gasteiger charge is 2.58. The summed E-state index contributed by atoms with van der Waals surface area (Å²) in [5.74, 6) is 1.99. The van der Waals surface area contributed by atoms with Gasteiger partial charge in [-0.1, -0.05) is 13.0 Å². The normalized spacial score (nSPS) is 45.6. The summed E-state index contributed by atoms with van der Waals surface area (Å²) < 4.78 is 0. The van der Waals surface area contributed by atoms with E-state index in [0.29, 0.717) is 11.0 Å². The van der Waals surface area contributed by atoms with Crippen LogP contribution >= 0.6 is 11.3 Å². The second-order valence-corrected chi connectivity index (χ2v) is 7.98. The second-order valence-electron chi connectivity index (χ2n) is 7.03. The Morgan fingerprint density at radius 1 is 1.28 bits per heavy atom. The number of hydrogen-bond acceptors (Lipinski definition) is 2. The van der Waals surface area contributed by atoms with Gasteiger partial charge < -0.3 is 5.32 Å².